The summed E-state index contributed by atoms with van der Waals surface area (Å²) in [5.41, 5.74) is 0.764. The number of nitrogens with one attached hydrogen (secondary N) is 1. The van der Waals surface area contributed by atoms with E-state index >= 15 is 0 Å². The molecule has 0 bridgehead atoms. The van der Waals surface area contributed by atoms with Gasteiger partial charge < -0.3 is 10.1 Å². The smallest absolute Gasteiger partial charge is 0.329 e. The van der Waals surface area contributed by atoms with Gasteiger partial charge in [-0.05, 0) is 45.4 Å². The van der Waals surface area contributed by atoms with Gasteiger partial charge >= 0.3 is 6.03 Å². The summed E-state index contributed by atoms with van der Waals surface area (Å²) in [6.45, 7) is 7.37. The van der Waals surface area contributed by atoms with Crippen molar-refractivity contribution in [2.45, 2.75) is 39.3 Å². The summed E-state index contributed by atoms with van der Waals surface area (Å²) in [4.78, 5) is 25.7. The fourth-order valence-corrected chi connectivity index (χ4v) is 2.41. The molecule has 1 atom stereocenters. The van der Waals surface area contributed by atoms with Gasteiger partial charge in [0.05, 0.1) is 28.5 Å². The number of halogens is 1. The van der Waals surface area contributed by atoms with Gasteiger partial charge in [-0.2, -0.15) is 5.26 Å². The van der Waals surface area contributed by atoms with Crippen LogP contribution in [0.2, 0.25) is 5.02 Å². The number of nitriles is 1. The number of nitrogens with zero attached hydrogens (tertiary/aromatic N) is 2. The monoisotopic (exact) mass is 335 g/mol. The van der Waals surface area contributed by atoms with E-state index in [0.29, 0.717) is 16.8 Å². The van der Waals surface area contributed by atoms with Crippen molar-refractivity contribution in [1.82, 2.24) is 5.32 Å². The minimum Gasteiger partial charge on any atom is -0.373 e. The Kier molecular flexibility index (Phi) is 4.64. The molecule has 1 N–H and O–H groups in total. The second-order valence-electron chi connectivity index (χ2n) is 6.28. The molecular weight excluding hydrogens is 318 g/mol. The Morgan fingerprint density at radius 2 is 2.04 bits per heavy atom. The number of carbonyl (C=O) groups is 2. The van der Waals surface area contributed by atoms with E-state index in [1.54, 1.807) is 13.0 Å². The number of carbonyl (C=O) groups excluding carboxylic acids is 2. The molecule has 2 rings (SSSR count). The van der Waals surface area contributed by atoms with Crippen LogP contribution in [0.4, 0.5) is 10.5 Å². The third-order valence-corrected chi connectivity index (χ3v) is 3.91. The van der Waals surface area contributed by atoms with E-state index in [1.807, 2.05) is 26.8 Å². The van der Waals surface area contributed by atoms with Crippen LogP contribution in [0.25, 0.3) is 0 Å². The summed E-state index contributed by atoms with van der Waals surface area (Å²) >= 11 is 6.11. The standard InChI is InChI=1S/C16H18ClN3O3/c1-9-12(6-5-10(7-18)13(9)17)20-14(21)11(19-15(20)22)8-23-16(2,3)4/h5-6,11H,8H2,1-4H3,(H,19,22). The van der Waals surface area contributed by atoms with Gasteiger partial charge in [-0.1, -0.05) is 11.6 Å². The largest absolute Gasteiger partial charge is 0.373 e. The highest BCUT2D eigenvalue weighted by atomic mass is 35.5. The molecule has 0 aromatic heterocycles. The second kappa shape index (κ2) is 6.19. The Bertz CT molecular complexity index is 704. The first-order valence-corrected chi connectivity index (χ1v) is 7.51. The Balaban J connectivity index is 2.28. The first-order valence-electron chi connectivity index (χ1n) is 7.13. The number of imide groups is 1. The molecule has 0 aliphatic carbocycles. The molecule has 1 aliphatic rings. The molecule has 6 nitrogen and oxygen atoms in total. The van der Waals surface area contributed by atoms with Crippen molar-refractivity contribution in [3.63, 3.8) is 0 Å². The van der Waals surface area contributed by atoms with Crippen LogP contribution in [0.1, 0.15) is 31.9 Å². The molecule has 1 heterocycles. The number of rotatable bonds is 3. The lowest BCUT2D eigenvalue weighted by Gasteiger charge is -2.21. The molecular formula is C16H18ClN3O3. The topological polar surface area (TPSA) is 82.4 Å². The molecule has 23 heavy (non-hydrogen) atoms. The van der Waals surface area contributed by atoms with Crippen molar-refractivity contribution >= 4 is 29.2 Å². The molecule has 0 saturated carbocycles. The molecule has 1 aromatic carbocycles. The van der Waals surface area contributed by atoms with Crippen LogP contribution in [-0.2, 0) is 9.53 Å². The van der Waals surface area contributed by atoms with Crippen LogP contribution in [0.15, 0.2) is 12.1 Å². The first kappa shape index (κ1) is 17.3. The zero-order chi connectivity index (χ0) is 17.4. The van der Waals surface area contributed by atoms with Gasteiger partial charge in [0, 0.05) is 0 Å². The van der Waals surface area contributed by atoms with E-state index in [4.69, 9.17) is 21.6 Å². The summed E-state index contributed by atoms with van der Waals surface area (Å²) in [6.07, 6.45) is 0. The number of ether oxygens (including phenoxy) is 1. The summed E-state index contributed by atoms with van der Waals surface area (Å²) in [7, 11) is 0. The summed E-state index contributed by atoms with van der Waals surface area (Å²) < 4.78 is 5.58. The highest BCUT2D eigenvalue weighted by molar-refractivity contribution is 6.33. The van der Waals surface area contributed by atoms with Crippen molar-refractivity contribution in [2.24, 2.45) is 0 Å². The van der Waals surface area contributed by atoms with Crippen LogP contribution in [0.5, 0.6) is 0 Å². The molecule has 0 spiro atoms. The maximum Gasteiger partial charge on any atom is 0.329 e. The van der Waals surface area contributed by atoms with Gasteiger partial charge in [-0.15, -0.1) is 0 Å². The predicted octanol–water partition coefficient (Wildman–Crippen LogP) is 2.76. The van der Waals surface area contributed by atoms with Crippen molar-refractivity contribution in [3.05, 3.63) is 28.3 Å². The highest BCUT2D eigenvalue weighted by Crippen LogP contribution is 2.31. The molecule has 3 amide bonds. The third kappa shape index (κ3) is 3.46. The normalized spacial score (nSPS) is 18.1. The van der Waals surface area contributed by atoms with Gasteiger partial charge in [-0.3, -0.25) is 4.79 Å². The van der Waals surface area contributed by atoms with Crippen LogP contribution in [-0.4, -0.2) is 30.2 Å². The molecule has 0 radical (unpaired) electrons. The fraction of sp³-hybridized carbons (Fsp3) is 0.438. The lowest BCUT2D eigenvalue weighted by Crippen LogP contribution is -2.37. The number of urea groups is 1. The van der Waals surface area contributed by atoms with E-state index in [-0.39, 0.29) is 11.6 Å². The Morgan fingerprint density at radius 1 is 1.39 bits per heavy atom. The third-order valence-electron chi connectivity index (χ3n) is 3.42. The SMILES string of the molecule is Cc1c(N2C(=O)NC(COC(C)(C)C)C2=O)ccc(C#N)c1Cl. The van der Waals surface area contributed by atoms with Crippen LogP contribution in [0.3, 0.4) is 0 Å². The maximum atomic E-state index is 12.5. The number of hydrogen-bond donors (Lipinski definition) is 1. The van der Waals surface area contributed by atoms with E-state index in [0.717, 1.165) is 4.90 Å². The lowest BCUT2D eigenvalue weighted by atomic mass is 10.1. The van der Waals surface area contributed by atoms with Crippen LogP contribution < -0.4 is 10.2 Å². The van der Waals surface area contributed by atoms with E-state index in [9.17, 15) is 9.59 Å². The van der Waals surface area contributed by atoms with E-state index in [2.05, 4.69) is 5.32 Å². The van der Waals surface area contributed by atoms with E-state index in [1.165, 1.54) is 6.07 Å². The summed E-state index contributed by atoms with van der Waals surface area (Å²) in [5, 5.41) is 11.8. The van der Waals surface area contributed by atoms with Gasteiger partial charge in [0.15, 0.2) is 0 Å². The Hall–Kier alpha value is -2.10. The van der Waals surface area contributed by atoms with Crippen molar-refractivity contribution < 1.29 is 14.3 Å². The molecule has 1 unspecified atom stereocenters. The van der Waals surface area contributed by atoms with Gasteiger partial charge in [0.25, 0.3) is 5.91 Å². The molecule has 1 aromatic rings. The maximum absolute atomic E-state index is 12.5. The molecule has 1 aliphatic heterocycles. The highest BCUT2D eigenvalue weighted by Gasteiger charge is 2.40. The predicted molar refractivity (Wildman–Crippen MR) is 86.4 cm³/mol. The van der Waals surface area contributed by atoms with Crippen molar-refractivity contribution in [2.75, 3.05) is 11.5 Å². The van der Waals surface area contributed by atoms with Gasteiger partial charge in [-0.25, -0.2) is 9.69 Å². The summed E-state index contributed by atoms with van der Waals surface area (Å²) in [6, 6.07) is 3.74. The molecule has 1 fully saturated rings. The molecule has 122 valence electrons. The van der Waals surface area contributed by atoms with Crippen LogP contribution in [0, 0.1) is 18.3 Å². The zero-order valence-electron chi connectivity index (χ0n) is 13.4. The minimum atomic E-state index is -0.740. The number of anilines is 1. The minimum absolute atomic E-state index is 0.0909. The van der Waals surface area contributed by atoms with Crippen molar-refractivity contribution in [3.8, 4) is 6.07 Å². The van der Waals surface area contributed by atoms with Crippen molar-refractivity contribution in [1.29, 1.82) is 5.26 Å². The van der Waals surface area contributed by atoms with Crippen LogP contribution >= 0.6 is 11.6 Å². The molecule has 7 heteroatoms. The first-order chi connectivity index (χ1) is 10.7. The molecule has 1 saturated heterocycles. The van der Waals surface area contributed by atoms with Gasteiger partial charge in [0.1, 0.15) is 12.1 Å². The second-order valence-corrected chi connectivity index (χ2v) is 6.66. The quantitative estimate of drug-likeness (QED) is 0.861. The number of hydrogen-bond acceptors (Lipinski definition) is 4. The summed E-state index contributed by atoms with van der Waals surface area (Å²) in [5.74, 6) is -0.400. The number of benzene rings is 1. The average molecular weight is 336 g/mol. The average Bonchev–Trinajstić information content (AvgIpc) is 2.74. The lowest BCUT2D eigenvalue weighted by molar-refractivity contribution is -0.121. The zero-order valence-corrected chi connectivity index (χ0v) is 14.2. The fourth-order valence-electron chi connectivity index (χ4n) is 2.21. The number of amides is 3. The Labute approximate surface area is 140 Å². The van der Waals surface area contributed by atoms with E-state index < -0.39 is 23.6 Å². The van der Waals surface area contributed by atoms with Gasteiger partial charge in [0.2, 0.25) is 0 Å². The Morgan fingerprint density at radius 3 is 2.61 bits per heavy atom.